The molecule has 6 nitrogen and oxygen atoms in total. The number of pyridine rings is 1. The molecule has 4 N–H and O–H groups in total. The van der Waals surface area contributed by atoms with E-state index in [2.05, 4.69) is 20.6 Å². The van der Waals surface area contributed by atoms with Crippen LogP contribution in [-0.2, 0) is 4.79 Å². The molecule has 0 radical (unpaired) electrons. The minimum atomic E-state index is -0.144. The number of aryl methyl sites for hydroxylation is 1. The third-order valence-electron chi connectivity index (χ3n) is 2.82. The van der Waals surface area contributed by atoms with Crippen LogP contribution in [0.15, 0.2) is 53.5 Å². The van der Waals surface area contributed by atoms with Gasteiger partial charge >= 0.3 is 0 Å². The molecule has 0 aliphatic carbocycles. The van der Waals surface area contributed by atoms with Crippen LogP contribution in [0, 0.1) is 6.92 Å². The van der Waals surface area contributed by atoms with E-state index in [1.807, 2.05) is 49.4 Å². The first-order chi connectivity index (χ1) is 10.6. The minimum absolute atomic E-state index is 0. The van der Waals surface area contributed by atoms with Crippen LogP contribution in [0.3, 0.4) is 0 Å². The Hall–Kier alpha value is -2.16. The maximum atomic E-state index is 11.8. The number of halogens is 1. The number of anilines is 2. The number of nitrogens with two attached hydrogens (primary N) is 1. The molecule has 0 saturated carbocycles. The van der Waals surface area contributed by atoms with Gasteiger partial charge in [0.25, 0.3) is 0 Å². The number of rotatable bonds is 5. The number of hydrogen-bond donors (Lipinski definition) is 3. The smallest absolute Gasteiger partial charge is 0.227 e. The number of aromatic nitrogens is 1. The summed E-state index contributed by atoms with van der Waals surface area (Å²) in [6.45, 7) is 2.18. The van der Waals surface area contributed by atoms with E-state index in [0.717, 1.165) is 11.4 Å². The lowest BCUT2D eigenvalue weighted by atomic mass is 10.3. The first-order valence-electron chi connectivity index (χ1n) is 6.99. The molecule has 1 heterocycles. The largest absolute Gasteiger partial charge is 0.370 e. The highest BCUT2D eigenvalue weighted by Crippen LogP contribution is 2.05. The molecular weight excluding hydrogens is 405 g/mol. The molecule has 0 fully saturated rings. The van der Waals surface area contributed by atoms with Gasteiger partial charge in [0.2, 0.25) is 5.91 Å². The molecule has 0 bridgehead atoms. The summed E-state index contributed by atoms with van der Waals surface area (Å²) in [5.41, 5.74) is 7.47. The molecule has 23 heavy (non-hydrogen) atoms. The lowest BCUT2D eigenvalue weighted by molar-refractivity contribution is -0.116. The number of carbonyl (C=O) groups is 1. The van der Waals surface area contributed by atoms with Gasteiger partial charge in [0.1, 0.15) is 5.82 Å². The zero-order valence-electron chi connectivity index (χ0n) is 12.8. The number of nitrogens with zero attached hydrogens (tertiary/aromatic N) is 2. The second-order valence-electron chi connectivity index (χ2n) is 4.72. The van der Waals surface area contributed by atoms with Crippen molar-refractivity contribution in [2.75, 3.05) is 17.2 Å². The lowest BCUT2D eigenvalue weighted by Gasteiger charge is -2.06. The zero-order chi connectivity index (χ0) is 15.8. The fourth-order valence-corrected chi connectivity index (χ4v) is 1.80. The summed E-state index contributed by atoms with van der Waals surface area (Å²) in [5, 5.41) is 5.68. The van der Waals surface area contributed by atoms with Crippen molar-refractivity contribution in [1.82, 2.24) is 4.98 Å². The van der Waals surface area contributed by atoms with E-state index >= 15 is 0 Å². The van der Waals surface area contributed by atoms with Crippen molar-refractivity contribution in [2.24, 2.45) is 10.7 Å². The summed E-state index contributed by atoms with van der Waals surface area (Å²) in [6, 6.07) is 15.0. The molecule has 0 atom stereocenters. The minimum Gasteiger partial charge on any atom is -0.370 e. The molecule has 0 saturated heterocycles. The molecule has 1 aromatic heterocycles. The number of carbonyl (C=O) groups excluding carboxylic acids is 1. The van der Waals surface area contributed by atoms with Crippen LogP contribution >= 0.6 is 24.0 Å². The number of aliphatic imine (C=N–C) groups is 1. The maximum absolute atomic E-state index is 11.8. The number of benzene rings is 1. The van der Waals surface area contributed by atoms with Crippen molar-refractivity contribution < 1.29 is 4.79 Å². The van der Waals surface area contributed by atoms with Crippen LogP contribution in [0.25, 0.3) is 0 Å². The SMILES string of the molecule is Cc1cccc(NC(=O)CCN=C(N)Nc2ccccc2)n1.I. The third kappa shape index (κ3) is 7.09. The Morgan fingerprint density at radius 2 is 1.87 bits per heavy atom. The predicted molar refractivity (Wildman–Crippen MR) is 104 cm³/mol. The van der Waals surface area contributed by atoms with E-state index < -0.39 is 0 Å². The number of guanidine groups is 1. The summed E-state index contributed by atoms with van der Waals surface area (Å²) < 4.78 is 0. The van der Waals surface area contributed by atoms with Gasteiger partial charge in [-0.05, 0) is 31.2 Å². The van der Waals surface area contributed by atoms with Crippen molar-refractivity contribution in [1.29, 1.82) is 0 Å². The quantitative estimate of drug-likeness (QED) is 0.390. The molecule has 2 aromatic rings. The van der Waals surface area contributed by atoms with Gasteiger partial charge in [-0.25, -0.2) is 4.98 Å². The molecule has 2 rings (SSSR count). The van der Waals surface area contributed by atoms with Gasteiger partial charge < -0.3 is 16.4 Å². The molecular formula is C16H20IN5O. The van der Waals surface area contributed by atoms with Crippen LogP contribution < -0.4 is 16.4 Å². The van der Waals surface area contributed by atoms with Gasteiger partial charge in [-0.1, -0.05) is 24.3 Å². The van der Waals surface area contributed by atoms with E-state index in [1.165, 1.54) is 0 Å². The predicted octanol–water partition coefficient (Wildman–Crippen LogP) is 2.76. The van der Waals surface area contributed by atoms with E-state index in [1.54, 1.807) is 6.07 Å². The molecule has 0 unspecified atom stereocenters. The van der Waals surface area contributed by atoms with Gasteiger partial charge in [0, 0.05) is 17.8 Å². The van der Waals surface area contributed by atoms with Gasteiger partial charge in [0.05, 0.1) is 6.54 Å². The Balaban J connectivity index is 0.00000264. The summed E-state index contributed by atoms with van der Waals surface area (Å²) in [5.74, 6) is 0.686. The second-order valence-corrected chi connectivity index (χ2v) is 4.72. The molecule has 0 spiro atoms. The average molecular weight is 425 g/mol. The molecule has 1 aromatic carbocycles. The normalized spacial score (nSPS) is 10.6. The standard InChI is InChI=1S/C16H19N5O.HI/c1-12-6-5-9-14(19-12)21-15(22)10-11-18-16(17)20-13-7-3-2-4-8-13;/h2-9H,10-11H2,1H3,(H3,17,18,20)(H,19,21,22);1H. The highest BCUT2D eigenvalue weighted by molar-refractivity contribution is 14.0. The van der Waals surface area contributed by atoms with Gasteiger partial charge in [-0.3, -0.25) is 9.79 Å². The lowest BCUT2D eigenvalue weighted by Crippen LogP contribution is -2.23. The first kappa shape index (κ1) is 18.9. The van der Waals surface area contributed by atoms with Crippen molar-refractivity contribution in [3.8, 4) is 0 Å². The Morgan fingerprint density at radius 3 is 2.57 bits per heavy atom. The van der Waals surface area contributed by atoms with E-state index in [4.69, 9.17) is 5.73 Å². The van der Waals surface area contributed by atoms with Crippen molar-refractivity contribution in [3.05, 3.63) is 54.2 Å². The zero-order valence-corrected chi connectivity index (χ0v) is 15.2. The van der Waals surface area contributed by atoms with Crippen LogP contribution in [0.1, 0.15) is 12.1 Å². The first-order valence-corrected chi connectivity index (χ1v) is 6.99. The molecule has 1 amide bonds. The van der Waals surface area contributed by atoms with Crippen molar-refractivity contribution >= 4 is 47.3 Å². The molecule has 0 aliphatic heterocycles. The van der Waals surface area contributed by atoms with Crippen LogP contribution in [0.2, 0.25) is 0 Å². The maximum Gasteiger partial charge on any atom is 0.227 e. The Morgan fingerprint density at radius 1 is 1.13 bits per heavy atom. The third-order valence-corrected chi connectivity index (χ3v) is 2.82. The van der Waals surface area contributed by atoms with Gasteiger partial charge in [-0.15, -0.1) is 24.0 Å². The van der Waals surface area contributed by atoms with E-state index in [9.17, 15) is 4.79 Å². The number of nitrogens with one attached hydrogen (secondary N) is 2. The Labute approximate surface area is 152 Å². The average Bonchev–Trinajstić information content (AvgIpc) is 2.48. The van der Waals surface area contributed by atoms with Gasteiger partial charge in [0.15, 0.2) is 5.96 Å². The number of hydrogen-bond acceptors (Lipinski definition) is 3. The van der Waals surface area contributed by atoms with E-state index in [0.29, 0.717) is 12.4 Å². The van der Waals surface area contributed by atoms with Crippen LogP contribution in [0.4, 0.5) is 11.5 Å². The number of amides is 1. The van der Waals surface area contributed by atoms with Crippen molar-refractivity contribution in [2.45, 2.75) is 13.3 Å². The Bertz CT molecular complexity index is 661. The highest BCUT2D eigenvalue weighted by atomic mass is 127. The topological polar surface area (TPSA) is 92.4 Å². The summed E-state index contributed by atoms with van der Waals surface area (Å²) in [7, 11) is 0. The Kier molecular flexibility index (Phi) is 8.03. The second kappa shape index (κ2) is 9.78. The number of para-hydroxylation sites is 1. The van der Waals surface area contributed by atoms with Crippen molar-refractivity contribution in [3.63, 3.8) is 0 Å². The fourth-order valence-electron chi connectivity index (χ4n) is 1.80. The molecule has 7 heteroatoms. The summed E-state index contributed by atoms with van der Waals surface area (Å²) >= 11 is 0. The van der Waals surface area contributed by atoms with Crippen LogP contribution in [-0.4, -0.2) is 23.4 Å². The monoisotopic (exact) mass is 425 g/mol. The molecule has 122 valence electrons. The van der Waals surface area contributed by atoms with E-state index in [-0.39, 0.29) is 42.3 Å². The fraction of sp³-hybridized carbons (Fsp3) is 0.188. The summed E-state index contributed by atoms with van der Waals surface area (Å²) in [6.07, 6.45) is 0.243. The summed E-state index contributed by atoms with van der Waals surface area (Å²) in [4.78, 5) is 20.1. The molecule has 0 aliphatic rings. The highest BCUT2D eigenvalue weighted by Gasteiger charge is 2.03. The van der Waals surface area contributed by atoms with Gasteiger partial charge in [-0.2, -0.15) is 0 Å². The van der Waals surface area contributed by atoms with Crippen LogP contribution in [0.5, 0.6) is 0 Å².